The van der Waals surface area contributed by atoms with Gasteiger partial charge in [0, 0.05) is 25.4 Å². The largest absolute Gasteiger partial charge is 0.409 e. The Balaban J connectivity index is 2.41. The van der Waals surface area contributed by atoms with E-state index in [9.17, 15) is 0 Å². The Labute approximate surface area is 125 Å². The molecule has 6 heteroatoms. The molecule has 0 fully saturated rings. The summed E-state index contributed by atoms with van der Waals surface area (Å²) in [5.74, 6) is 0.0428. The molecule has 19 heavy (non-hydrogen) atoms. The van der Waals surface area contributed by atoms with Crippen LogP contribution in [0.25, 0.3) is 0 Å². The summed E-state index contributed by atoms with van der Waals surface area (Å²) in [6, 6.07) is 12.6. The smallest absolute Gasteiger partial charge is 0.171 e. The molecule has 2 aromatic carbocycles. The molecular formula is C13H10Cl2N2OS. The minimum Gasteiger partial charge on any atom is -0.409 e. The third-order valence-corrected chi connectivity index (χ3v) is 3.87. The van der Waals surface area contributed by atoms with Gasteiger partial charge in [-0.3, -0.25) is 0 Å². The predicted octanol–water partition coefficient (Wildman–Crippen LogP) is 4.24. The zero-order valence-corrected chi connectivity index (χ0v) is 12.0. The average Bonchev–Trinajstić information content (AvgIpc) is 2.38. The van der Waals surface area contributed by atoms with Crippen molar-refractivity contribution in [2.75, 3.05) is 0 Å². The highest BCUT2D eigenvalue weighted by molar-refractivity contribution is 7.99. The summed E-state index contributed by atoms with van der Waals surface area (Å²) in [5, 5.41) is 13.0. The van der Waals surface area contributed by atoms with Crippen LogP contribution in [0.3, 0.4) is 0 Å². The van der Waals surface area contributed by atoms with Crippen molar-refractivity contribution in [3.63, 3.8) is 0 Å². The molecule has 0 saturated carbocycles. The van der Waals surface area contributed by atoms with Crippen LogP contribution in [-0.2, 0) is 0 Å². The molecule has 0 saturated heterocycles. The van der Waals surface area contributed by atoms with E-state index in [4.69, 9.17) is 34.1 Å². The molecule has 98 valence electrons. The molecule has 0 heterocycles. The van der Waals surface area contributed by atoms with Gasteiger partial charge in [-0.2, -0.15) is 0 Å². The number of rotatable bonds is 3. The summed E-state index contributed by atoms with van der Waals surface area (Å²) < 4.78 is 0. The molecule has 0 amide bonds. The van der Waals surface area contributed by atoms with Crippen LogP contribution < -0.4 is 5.73 Å². The lowest BCUT2D eigenvalue weighted by molar-refractivity contribution is 0.318. The third kappa shape index (κ3) is 3.56. The van der Waals surface area contributed by atoms with Gasteiger partial charge in [-0.15, -0.1) is 0 Å². The molecule has 0 atom stereocenters. The van der Waals surface area contributed by atoms with Crippen LogP contribution in [0.4, 0.5) is 0 Å². The van der Waals surface area contributed by atoms with Crippen molar-refractivity contribution in [1.29, 1.82) is 0 Å². The second-order valence-electron chi connectivity index (χ2n) is 3.69. The Kier molecular flexibility index (Phi) is 4.58. The molecule has 0 radical (unpaired) electrons. The Morgan fingerprint density at radius 2 is 1.84 bits per heavy atom. The van der Waals surface area contributed by atoms with Crippen LogP contribution in [0.1, 0.15) is 5.56 Å². The normalized spacial score (nSPS) is 11.6. The topological polar surface area (TPSA) is 58.6 Å². The molecule has 0 bridgehead atoms. The number of hydrogen-bond donors (Lipinski definition) is 2. The lowest BCUT2D eigenvalue weighted by Crippen LogP contribution is -2.14. The van der Waals surface area contributed by atoms with Gasteiger partial charge < -0.3 is 10.9 Å². The number of oxime groups is 1. The first-order valence-electron chi connectivity index (χ1n) is 5.31. The zero-order chi connectivity index (χ0) is 13.8. The quantitative estimate of drug-likeness (QED) is 0.386. The SMILES string of the molecule is NC(=NO)c1ccc(Cl)cc1Sc1cccc(Cl)c1. The molecule has 3 nitrogen and oxygen atoms in total. The van der Waals surface area contributed by atoms with Gasteiger partial charge >= 0.3 is 0 Å². The molecule has 0 aromatic heterocycles. The number of benzene rings is 2. The molecule has 2 aromatic rings. The van der Waals surface area contributed by atoms with E-state index in [1.165, 1.54) is 11.8 Å². The monoisotopic (exact) mass is 312 g/mol. The van der Waals surface area contributed by atoms with Crippen molar-refractivity contribution in [1.82, 2.24) is 0 Å². The van der Waals surface area contributed by atoms with E-state index < -0.39 is 0 Å². The van der Waals surface area contributed by atoms with Crippen LogP contribution >= 0.6 is 35.0 Å². The first-order chi connectivity index (χ1) is 9.10. The van der Waals surface area contributed by atoms with E-state index in [0.29, 0.717) is 15.6 Å². The number of hydrogen-bond acceptors (Lipinski definition) is 3. The number of nitrogens with zero attached hydrogens (tertiary/aromatic N) is 1. The van der Waals surface area contributed by atoms with Crippen molar-refractivity contribution in [3.05, 3.63) is 58.1 Å². The molecular weight excluding hydrogens is 303 g/mol. The van der Waals surface area contributed by atoms with Gasteiger partial charge in [0.25, 0.3) is 0 Å². The van der Waals surface area contributed by atoms with Crippen LogP contribution in [0.2, 0.25) is 10.0 Å². The summed E-state index contributed by atoms with van der Waals surface area (Å²) in [4.78, 5) is 1.74. The average molecular weight is 313 g/mol. The summed E-state index contributed by atoms with van der Waals surface area (Å²) >= 11 is 13.4. The van der Waals surface area contributed by atoms with E-state index in [-0.39, 0.29) is 5.84 Å². The van der Waals surface area contributed by atoms with Gasteiger partial charge in [0.2, 0.25) is 0 Å². The van der Waals surface area contributed by atoms with Crippen molar-refractivity contribution >= 4 is 40.8 Å². The number of amidine groups is 1. The van der Waals surface area contributed by atoms with E-state index in [2.05, 4.69) is 5.16 Å². The second-order valence-corrected chi connectivity index (χ2v) is 5.67. The fourth-order valence-corrected chi connectivity index (χ4v) is 3.05. The zero-order valence-electron chi connectivity index (χ0n) is 9.68. The van der Waals surface area contributed by atoms with Crippen molar-refractivity contribution in [2.24, 2.45) is 10.9 Å². The molecule has 0 spiro atoms. The van der Waals surface area contributed by atoms with Gasteiger partial charge in [-0.1, -0.05) is 46.2 Å². The van der Waals surface area contributed by atoms with E-state index in [1.807, 2.05) is 18.2 Å². The van der Waals surface area contributed by atoms with Gasteiger partial charge in [-0.05, 0) is 36.4 Å². The fourth-order valence-electron chi connectivity index (χ4n) is 1.50. The minimum atomic E-state index is 0.0428. The fraction of sp³-hybridized carbons (Fsp3) is 0. The number of nitrogens with two attached hydrogens (primary N) is 1. The van der Waals surface area contributed by atoms with Crippen molar-refractivity contribution < 1.29 is 5.21 Å². The van der Waals surface area contributed by atoms with Crippen molar-refractivity contribution in [3.8, 4) is 0 Å². The summed E-state index contributed by atoms with van der Waals surface area (Å²) in [5.41, 5.74) is 6.27. The maximum absolute atomic E-state index is 8.79. The Morgan fingerprint density at radius 1 is 1.11 bits per heavy atom. The van der Waals surface area contributed by atoms with E-state index in [1.54, 1.807) is 24.3 Å². The summed E-state index contributed by atoms with van der Waals surface area (Å²) in [6.07, 6.45) is 0. The third-order valence-electron chi connectivity index (χ3n) is 2.35. The van der Waals surface area contributed by atoms with Gasteiger partial charge in [0.05, 0.1) is 0 Å². The van der Waals surface area contributed by atoms with E-state index in [0.717, 1.165) is 9.79 Å². The molecule has 0 aliphatic heterocycles. The van der Waals surface area contributed by atoms with Crippen molar-refractivity contribution in [2.45, 2.75) is 9.79 Å². The highest BCUT2D eigenvalue weighted by atomic mass is 35.5. The Morgan fingerprint density at radius 3 is 2.53 bits per heavy atom. The van der Waals surface area contributed by atoms with E-state index >= 15 is 0 Å². The summed E-state index contributed by atoms with van der Waals surface area (Å²) in [6.45, 7) is 0. The maximum Gasteiger partial charge on any atom is 0.171 e. The first kappa shape index (κ1) is 14.1. The molecule has 0 unspecified atom stereocenters. The van der Waals surface area contributed by atoms with Crippen LogP contribution in [0.5, 0.6) is 0 Å². The van der Waals surface area contributed by atoms with Crippen LogP contribution in [0, 0.1) is 0 Å². The van der Waals surface area contributed by atoms with Gasteiger partial charge in [0.1, 0.15) is 0 Å². The maximum atomic E-state index is 8.79. The standard InChI is InChI=1S/C13H10Cl2N2OS/c14-8-2-1-3-10(6-8)19-12-7-9(15)4-5-11(12)13(16)17-18/h1-7,18H,(H2,16,17). The molecule has 3 N–H and O–H groups in total. The highest BCUT2D eigenvalue weighted by Crippen LogP contribution is 2.33. The predicted molar refractivity (Wildman–Crippen MR) is 79.5 cm³/mol. The minimum absolute atomic E-state index is 0.0428. The highest BCUT2D eigenvalue weighted by Gasteiger charge is 2.09. The van der Waals surface area contributed by atoms with Crippen LogP contribution in [0.15, 0.2) is 57.4 Å². The van der Waals surface area contributed by atoms with Gasteiger partial charge in [-0.25, -0.2) is 0 Å². The van der Waals surface area contributed by atoms with Gasteiger partial charge in [0.15, 0.2) is 5.84 Å². The lowest BCUT2D eigenvalue weighted by atomic mass is 10.2. The summed E-state index contributed by atoms with van der Waals surface area (Å²) in [7, 11) is 0. The second kappa shape index (κ2) is 6.19. The molecule has 2 rings (SSSR count). The lowest BCUT2D eigenvalue weighted by Gasteiger charge is -2.08. The Hall–Kier alpha value is -1.36. The number of halogens is 2. The van der Waals surface area contributed by atoms with Crippen LogP contribution in [-0.4, -0.2) is 11.0 Å². The molecule has 0 aliphatic carbocycles. The molecule has 0 aliphatic rings. The Bertz CT molecular complexity index is 632. The first-order valence-corrected chi connectivity index (χ1v) is 6.88.